The molecule has 1 N–H and O–H groups in total. The van der Waals surface area contributed by atoms with Crippen LogP contribution in [0.4, 0.5) is 11.4 Å². The molecule has 1 aromatic carbocycles. The molecular weight excluding hydrogens is 160 g/mol. The molecule has 1 heterocycles. The molecule has 13 heavy (non-hydrogen) atoms. The van der Waals surface area contributed by atoms with Crippen molar-refractivity contribution in [1.82, 2.24) is 0 Å². The summed E-state index contributed by atoms with van der Waals surface area (Å²) in [6.07, 6.45) is 2.60. The summed E-state index contributed by atoms with van der Waals surface area (Å²) in [7, 11) is 0. The minimum atomic E-state index is 0.698. The maximum atomic E-state index is 4.03. The van der Waals surface area contributed by atoms with E-state index in [0.29, 0.717) is 6.04 Å². The van der Waals surface area contributed by atoms with Gasteiger partial charge < -0.3 is 10.2 Å². The zero-order valence-corrected chi connectivity index (χ0v) is 7.46. The molecule has 0 unspecified atom stereocenters. The standard InChI is InChI=1S/C11H12N2/c1-8-12-10-4-2-3-5-11(10)13(8)9-6-7-9/h2-5,9,12H,1,6-7H2. The Morgan fingerprint density at radius 1 is 1.31 bits per heavy atom. The van der Waals surface area contributed by atoms with E-state index < -0.39 is 0 Å². The van der Waals surface area contributed by atoms with Gasteiger partial charge in [0, 0.05) is 6.04 Å². The number of para-hydroxylation sites is 2. The average Bonchev–Trinajstić information content (AvgIpc) is 2.88. The molecule has 1 aliphatic carbocycles. The first-order chi connectivity index (χ1) is 6.36. The van der Waals surface area contributed by atoms with E-state index in [2.05, 4.69) is 41.1 Å². The molecule has 66 valence electrons. The highest BCUT2D eigenvalue weighted by molar-refractivity contribution is 5.81. The van der Waals surface area contributed by atoms with Gasteiger partial charge in [-0.25, -0.2) is 0 Å². The predicted molar refractivity (Wildman–Crippen MR) is 54.7 cm³/mol. The lowest BCUT2D eigenvalue weighted by Crippen LogP contribution is -2.21. The lowest BCUT2D eigenvalue weighted by atomic mass is 10.2. The van der Waals surface area contributed by atoms with Crippen LogP contribution in [0.2, 0.25) is 0 Å². The molecule has 2 nitrogen and oxygen atoms in total. The molecule has 1 fully saturated rings. The third kappa shape index (κ3) is 0.949. The van der Waals surface area contributed by atoms with E-state index in [1.807, 2.05) is 0 Å². The number of nitrogens with zero attached hydrogens (tertiary/aromatic N) is 1. The number of hydrogen-bond acceptors (Lipinski definition) is 2. The SMILES string of the molecule is C=C1Nc2ccccc2N1C1CC1. The second-order valence-electron chi connectivity index (χ2n) is 3.69. The molecule has 1 aliphatic heterocycles. The summed E-state index contributed by atoms with van der Waals surface area (Å²) in [4.78, 5) is 2.31. The molecule has 0 spiro atoms. The summed E-state index contributed by atoms with van der Waals surface area (Å²) in [6.45, 7) is 4.03. The van der Waals surface area contributed by atoms with Crippen molar-refractivity contribution >= 4 is 11.4 Å². The molecule has 0 aromatic heterocycles. The zero-order chi connectivity index (χ0) is 8.84. The van der Waals surface area contributed by atoms with Crippen molar-refractivity contribution in [3.8, 4) is 0 Å². The lowest BCUT2D eigenvalue weighted by molar-refractivity contribution is 0.943. The van der Waals surface area contributed by atoms with E-state index >= 15 is 0 Å². The van der Waals surface area contributed by atoms with Crippen LogP contribution in [0, 0.1) is 0 Å². The Morgan fingerprint density at radius 2 is 2.08 bits per heavy atom. The molecule has 0 bridgehead atoms. The maximum Gasteiger partial charge on any atom is 0.103 e. The van der Waals surface area contributed by atoms with Crippen LogP contribution in [0.15, 0.2) is 36.7 Å². The highest BCUT2D eigenvalue weighted by Crippen LogP contribution is 2.42. The average molecular weight is 172 g/mol. The summed E-state index contributed by atoms with van der Waals surface area (Å²) < 4.78 is 0. The molecule has 0 radical (unpaired) electrons. The zero-order valence-electron chi connectivity index (χ0n) is 7.46. The highest BCUT2D eigenvalue weighted by atomic mass is 15.3. The molecule has 0 atom stereocenters. The van der Waals surface area contributed by atoms with E-state index in [1.165, 1.54) is 24.2 Å². The Hall–Kier alpha value is -1.44. The van der Waals surface area contributed by atoms with E-state index in [-0.39, 0.29) is 0 Å². The fraction of sp³-hybridized carbons (Fsp3) is 0.273. The van der Waals surface area contributed by atoms with Gasteiger partial charge in [-0.05, 0) is 25.0 Å². The van der Waals surface area contributed by atoms with Crippen molar-refractivity contribution in [3.05, 3.63) is 36.7 Å². The molecule has 2 aliphatic rings. The van der Waals surface area contributed by atoms with Crippen LogP contribution in [-0.2, 0) is 0 Å². The molecule has 1 aromatic rings. The van der Waals surface area contributed by atoms with Crippen LogP contribution in [0.1, 0.15) is 12.8 Å². The first kappa shape index (κ1) is 7.01. The third-order valence-corrected chi connectivity index (χ3v) is 2.65. The van der Waals surface area contributed by atoms with Crippen molar-refractivity contribution in [3.63, 3.8) is 0 Å². The van der Waals surface area contributed by atoms with Gasteiger partial charge in [-0.2, -0.15) is 0 Å². The largest absolute Gasteiger partial charge is 0.340 e. The van der Waals surface area contributed by atoms with Gasteiger partial charge in [0.2, 0.25) is 0 Å². The Morgan fingerprint density at radius 3 is 2.85 bits per heavy atom. The fourth-order valence-corrected chi connectivity index (χ4v) is 1.90. The monoisotopic (exact) mass is 172 g/mol. The van der Waals surface area contributed by atoms with Crippen molar-refractivity contribution in [2.24, 2.45) is 0 Å². The van der Waals surface area contributed by atoms with Gasteiger partial charge in [0.05, 0.1) is 11.4 Å². The predicted octanol–water partition coefficient (Wildman–Crippen LogP) is 2.55. The Bertz CT molecular complexity index is 366. The minimum absolute atomic E-state index is 0.698. The molecule has 0 amide bonds. The van der Waals surface area contributed by atoms with Gasteiger partial charge in [0.15, 0.2) is 0 Å². The third-order valence-electron chi connectivity index (χ3n) is 2.65. The number of fused-ring (bicyclic) bond motifs is 1. The number of hydrogen-bond donors (Lipinski definition) is 1. The van der Waals surface area contributed by atoms with Gasteiger partial charge in [-0.15, -0.1) is 0 Å². The van der Waals surface area contributed by atoms with Crippen LogP contribution in [0.3, 0.4) is 0 Å². The van der Waals surface area contributed by atoms with Crippen LogP contribution in [0.5, 0.6) is 0 Å². The maximum absolute atomic E-state index is 4.03. The van der Waals surface area contributed by atoms with Gasteiger partial charge in [-0.3, -0.25) is 0 Å². The van der Waals surface area contributed by atoms with Crippen molar-refractivity contribution in [2.45, 2.75) is 18.9 Å². The molecule has 0 saturated heterocycles. The van der Waals surface area contributed by atoms with Crippen LogP contribution in [-0.4, -0.2) is 6.04 Å². The first-order valence-electron chi connectivity index (χ1n) is 4.70. The Kier molecular flexibility index (Phi) is 1.23. The first-order valence-corrected chi connectivity index (χ1v) is 4.70. The minimum Gasteiger partial charge on any atom is -0.340 e. The van der Waals surface area contributed by atoms with Crippen molar-refractivity contribution < 1.29 is 0 Å². The Balaban J connectivity index is 2.08. The van der Waals surface area contributed by atoms with Gasteiger partial charge >= 0.3 is 0 Å². The summed E-state index contributed by atoms with van der Waals surface area (Å²) in [5.41, 5.74) is 2.48. The highest BCUT2D eigenvalue weighted by Gasteiger charge is 2.35. The molecule has 2 heteroatoms. The van der Waals surface area contributed by atoms with Gasteiger partial charge in [0.1, 0.15) is 5.82 Å². The molecule has 1 saturated carbocycles. The second kappa shape index (κ2) is 2.28. The second-order valence-corrected chi connectivity index (χ2v) is 3.69. The normalized spacial score (nSPS) is 20.0. The quantitative estimate of drug-likeness (QED) is 0.700. The molecular formula is C11H12N2. The van der Waals surface area contributed by atoms with Crippen LogP contribution < -0.4 is 10.2 Å². The Labute approximate surface area is 77.9 Å². The summed E-state index contributed by atoms with van der Waals surface area (Å²) in [5, 5.41) is 3.30. The smallest absolute Gasteiger partial charge is 0.103 e. The fourth-order valence-electron chi connectivity index (χ4n) is 1.90. The lowest BCUT2D eigenvalue weighted by Gasteiger charge is -2.17. The van der Waals surface area contributed by atoms with Gasteiger partial charge in [-0.1, -0.05) is 18.7 Å². The van der Waals surface area contributed by atoms with E-state index in [4.69, 9.17) is 0 Å². The van der Waals surface area contributed by atoms with Crippen LogP contribution >= 0.6 is 0 Å². The number of anilines is 2. The number of benzene rings is 1. The van der Waals surface area contributed by atoms with Gasteiger partial charge in [0.25, 0.3) is 0 Å². The summed E-state index contributed by atoms with van der Waals surface area (Å²) >= 11 is 0. The number of nitrogens with one attached hydrogen (secondary N) is 1. The number of rotatable bonds is 1. The molecule has 3 rings (SSSR count). The van der Waals surface area contributed by atoms with Crippen LogP contribution in [0.25, 0.3) is 0 Å². The van der Waals surface area contributed by atoms with E-state index in [1.54, 1.807) is 0 Å². The van der Waals surface area contributed by atoms with Crippen molar-refractivity contribution in [2.75, 3.05) is 10.2 Å². The van der Waals surface area contributed by atoms with E-state index in [9.17, 15) is 0 Å². The van der Waals surface area contributed by atoms with E-state index in [0.717, 1.165) is 5.82 Å². The topological polar surface area (TPSA) is 15.3 Å². The van der Waals surface area contributed by atoms with Crippen molar-refractivity contribution in [1.29, 1.82) is 0 Å². The summed E-state index contributed by atoms with van der Waals surface area (Å²) in [5.74, 6) is 1.03. The summed E-state index contributed by atoms with van der Waals surface area (Å²) in [6, 6.07) is 9.08.